The van der Waals surface area contributed by atoms with Gasteiger partial charge in [-0.25, -0.2) is 9.59 Å². The third-order valence-electron chi connectivity index (χ3n) is 6.74. The molecule has 0 aliphatic heterocycles. The molecule has 0 aliphatic rings. The van der Waals surface area contributed by atoms with Gasteiger partial charge < -0.3 is 9.47 Å². The van der Waals surface area contributed by atoms with Crippen LogP contribution in [0.5, 0.6) is 0 Å². The first-order valence-electron chi connectivity index (χ1n) is 15.8. The molecule has 0 fully saturated rings. The van der Waals surface area contributed by atoms with Gasteiger partial charge in [-0.05, 0) is 81.1 Å². The summed E-state index contributed by atoms with van der Waals surface area (Å²) < 4.78 is 9.44. The third-order valence-corrected chi connectivity index (χ3v) is 6.74. The maximum absolute atomic E-state index is 11.4. The van der Waals surface area contributed by atoms with Crippen LogP contribution in [0.2, 0.25) is 0 Å². The lowest BCUT2D eigenvalue weighted by molar-refractivity contribution is -0.136. The quantitative estimate of drug-likeness (QED) is 0.0865. The van der Waals surface area contributed by atoms with Gasteiger partial charge in [0.2, 0.25) is 0 Å². The zero-order chi connectivity index (χ0) is 34.7. The molecule has 0 saturated carbocycles. The Hall–Kier alpha value is -4.44. The SMILES string of the molecule is COC(=O)C(C)=CCCC(C)=CC=CC(C)=CC=CC(C)=CC=CC=C(C)C=CC=C(C)C=CC=C(C)CCC=C(C)C(=O)OC. The average Bonchev–Trinajstić information content (AvgIpc) is 3.02. The fraction of sp³-hybridized carbons (Fsp3) is 0.333. The Balaban J connectivity index is 4.75. The van der Waals surface area contributed by atoms with Crippen molar-refractivity contribution >= 4 is 11.9 Å². The average molecular weight is 625 g/mol. The largest absolute Gasteiger partial charge is 0.466 e. The smallest absolute Gasteiger partial charge is 0.333 e. The van der Waals surface area contributed by atoms with E-state index in [1.54, 1.807) is 13.8 Å². The summed E-state index contributed by atoms with van der Waals surface area (Å²) in [6.45, 7) is 16.1. The topological polar surface area (TPSA) is 52.6 Å². The lowest BCUT2D eigenvalue weighted by atomic mass is 10.1. The van der Waals surface area contributed by atoms with E-state index < -0.39 is 0 Å². The maximum Gasteiger partial charge on any atom is 0.333 e. The Morgan fingerprint density at radius 3 is 1.02 bits per heavy atom. The first-order valence-corrected chi connectivity index (χ1v) is 15.8. The van der Waals surface area contributed by atoms with Gasteiger partial charge in [-0.1, -0.05) is 143 Å². The highest BCUT2D eigenvalue weighted by molar-refractivity contribution is 5.87. The zero-order valence-electron chi connectivity index (χ0n) is 29.9. The number of hydrogen-bond acceptors (Lipinski definition) is 4. The molecule has 0 aromatic heterocycles. The summed E-state index contributed by atoms with van der Waals surface area (Å²) in [7, 11) is 2.80. The summed E-state index contributed by atoms with van der Waals surface area (Å²) in [5, 5.41) is 0. The van der Waals surface area contributed by atoms with E-state index >= 15 is 0 Å². The van der Waals surface area contributed by atoms with E-state index in [1.807, 2.05) is 24.3 Å². The molecule has 0 spiro atoms. The van der Waals surface area contributed by atoms with E-state index in [4.69, 9.17) is 9.47 Å². The van der Waals surface area contributed by atoms with E-state index in [0.717, 1.165) is 25.7 Å². The highest BCUT2D eigenvalue weighted by atomic mass is 16.5. The Morgan fingerprint density at radius 2 is 0.717 bits per heavy atom. The number of carbonyl (C=O) groups excluding carboxylic acids is 2. The molecule has 0 N–H and O–H groups in total. The molecule has 248 valence electrons. The van der Waals surface area contributed by atoms with Crippen LogP contribution in [0.15, 0.2) is 154 Å². The van der Waals surface area contributed by atoms with E-state index in [9.17, 15) is 9.59 Å². The van der Waals surface area contributed by atoms with Crippen LogP contribution in [0.4, 0.5) is 0 Å². The maximum atomic E-state index is 11.4. The number of rotatable bonds is 18. The summed E-state index contributed by atoms with van der Waals surface area (Å²) in [5.41, 5.74) is 8.47. The molecule has 0 heterocycles. The zero-order valence-corrected chi connectivity index (χ0v) is 29.9. The van der Waals surface area contributed by atoms with E-state index in [1.165, 1.54) is 47.7 Å². The standard InChI is InChI=1S/C42H56O4/c1-33(21-13-23-35(3)25-15-27-37(5)29-17-31-39(7)41(43)45-9)19-11-12-20-34(2)22-14-24-36(4)26-16-28-38(6)30-18-32-40(8)42(44)46-10/h11-16,19-28,31-32H,17-18,29-30H2,1-10H3. The number of methoxy groups -OCH3 is 2. The van der Waals surface area contributed by atoms with Crippen molar-refractivity contribution in [3.8, 4) is 0 Å². The predicted octanol–water partition coefficient (Wildman–Crippen LogP) is 11.2. The fourth-order valence-corrected chi connectivity index (χ4v) is 3.76. The van der Waals surface area contributed by atoms with Crippen LogP contribution in [0.3, 0.4) is 0 Å². The summed E-state index contributed by atoms with van der Waals surface area (Å²) in [6.07, 6.45) is 40.6. The lowest BCUT2D eigenvalue weighted by Gasteiger charge is -1.99. The summed E-state index contributed by atoms with van der Waals surface area (Å²) in [5.74, 6) is -0.542. The van der Waals surface area contributed by atoms with Gasteiger partial charge in [-0.2, -0.15) is 0 Å². The first-order chi connectivity index (χ1) is 21.9. The Labute approximate surface area is 279 Å². The van der Waals surface area contributed by atoms with Crippen LogP contribution in [-0.2, 0) is 19.1 Å². The number of esters is 2. The van der Waals surface area contributed by atoms with E-state index in [2.05, 4.69) is 127 Å². The van der Waals surface area contributed by atoms with Gasteiger partial charge in [0.1, 0.15) is 0 Å². The predicted molar refractivity (Wildman–Crippen MR) is 198 cm³/mol. The monoisotopic (exact) mass is 624 g/mol. The van der Waals surface area contributed by atoms with Gasteiger partial charge >= 0.3 is 11.9 Å². The minimum atomic E-state index is -0.271. The molecule has 0 bridgehead atoms. The molecular formula is C42H56O4. The summed E-state index contributed by atoms with van der Waals surface area (Å²) in [4.78, 5) is 22.9. The molecule has 0 amide bonds. The van der Waals surface area contributed by atoms with Gasteiger partial charge in [0, 0.05) is 11.1 Å². The Morgan fingerprint density at radius 1 is 0.435 bits per heavy atom. The van der Waals surface area contributed by atoms with Gasteiger partial charge in [0.25, 0.3) is 0 Å². The van der Waals surface area contributed by atoms with Gasteiger partial charge in [0.05, 0.1) is 14.2 Å². The third kappa shape index (κ3) is 23.0. The van der Waals surface area contributed by atoms with Crippen LogP contribution in [0.25, 0.3) is 0 Å². The van der Waals surface area contributed by atoms with Crippen LogP contribution in [-0.4, -0.2) is 26.2 Å². The minimum absolute atomic E-state index is 0.271. The van der Waals surface area contributed by atoms with Crippen LogP contribution in [0.1, 0.15) is 81.1 Å². The van der Waals surface area contributed by atoms with E-state index in [-0.39, 0.29) is 11.9 Å². The van der Waals surface area contributed by atoms with E-state index in [0.29, 0.717) is 11.1 Å². The van der Waals surface area contributed by atoms with Gasteiger partial charge in [-0.3, -0.25) is 0 Å². The lowest BCUT2D eigenvalue weighted by Crippen LogP contribution is -2.01. The molecule has 0 saturated heterocycles. The number of ether oxygens (including phenoxy) is 2. The molecular weight excluding hydrogens is 568 g/mol. The fourth-order valence-electron chi connectivity index (χ4n) is 3.76. The number of carbonyl (C=O) groups is 2. The van der Waals surface area contributed by atoms with Crippen molar-refractivity contribution in [3.05, 3.63) is 154 Å². The highest BCUT2D eigenvalue weighted by Gasteiger charge is 2.02. The Bertz CT molecular complexity index is 1280. The van der Waals surface area contributed by atoms with Crippen LogP contribution in [0, 0.1) is 0 Å². The molecule has 4 heteroatoms. The van der Waals surface area contributed by atoms with Crippen molar-refractivity contribution in [2.45, 2.75) is 81.1 Å². The van der Waals surface area contributed by atoms with Crippen molar-refractivity contribution in [2.75, 3.05) is 14.2 Å². The van der Waals surface area contributed by atoms with Crippen molar-refractivity contribution in [1.82, 2.24) is 0 Å². The normalized spacial score (nSPS) is 15.4. The van der Waals surface area contributed by atoms with Crippen LogP contribution >= 0.6 is 0 Å². The molecule has 0 unspecified atom stereocenters. The second-order valence-corrected chi connectivity index (χ2v) is 11.3. The van der Waals surface area contributed by atoms with Gasteiger partial charge in [0.15, 0.2) is 0 Å². The molecule has 0 aliphatic carbocycles. The summed E-state index contributed by atoms with van der Waals surface area (Å²) in [6, 6.07) is 0. The molecule has 0 rings (SSSR count). The number of allylic oxidation sites excluding steroid dienone is 24. The molecule has 46 heavy (non-hydrogen) atoms. The molecule has 0 aromatic rings. The molecule has 0 atom stereocenters. The minimum Gasteiger partial charge on any atom is -0.466 e. The second-order valence-electron chi connectivity index (χ2n) is 11.3. The van der Waals surface area contributed by atoms with Crippen LogP contribution < -0.4 is 0 Å². The highest BCUT2D eigenvalue weighted by Crippen LogP contribution is 2.10. The van der Waals surface area contributed by atoms with Gasteiger partial charge in [-0.15, -0.1) is 0 Å². The molecule has 0 radical (unpaired) electrons. The van der Waals surface area contributed by atoms with Crippen molar-refractivity contribution in [1.29, 1.82) is 0 Å². The van der Waals surface area contributed by atoms with Crippen molar-refractivity contribution in [3.63, 3.8) is 0 Å². The molecule has 4 nitrogen and oxygen atoms in total. The molecule has 0 aromatic carbocycles. The second kappa shape index (κ2) is 25.8. The Kier molecular flexibility index (Phi) is 23.3. The van der Waals surface area contributed by atoms with Crippen molar-refractivity contribution < 1.29 is 19.1 Å². The first kappa shape index (κ1) is 41.6. The van der Waals surface area contributed by atoms with Crippen molar-refractivity contribution in [2.24, 2.45) is 0 Å². The summed E-state index contributed by atoms with van der Waals surface area (Å²) >= 11 is 0. The number of hydrogen-bond donors (Lipinski definition) is 0.